The van der Waals surface area contributed by atoms with Gasteiger partial charge in [0, 0.05) is 6.54 Å². The molecular formula is C14H18FNO4. The second-order valence-corrected chi connectivity index (χ2v) is 4.19. The lowest BCUT2D eigenvalue weighted by Gasteiger charge is -2.17. The highest BCUT2D eigenvalue weighted by Gasteiger charge is 2.22. The first-order valence-corrected chi connectivity index (χ1v) is 6.34. The fraction of sp³-hybridized carbons (Fsp3) is 0.429. The van der Waals surface area contributed by atoms with Crippen molar-refractivity contribution in [2.24, 2.45) is 0 Å². The molecule has 0 aromatic heterocycles. The molecule has 1 rings (SSSR count). The summed E-state index contributed by atoms with van der Waals surface area (Å²) < 4.78 is 23.0. The number of likely N-dealkylation sites (N-methyl/N-ethyl adjacent to an activating group) is 1. The van der Waals surface area contributed by atoms with Gasteiger partial charge in [-0.3, -0.25) is 4.79 Å². The van der Waals surface area contributed by atoms with Crippen LogP contribution in [0, 0.1) is 5.82 Å². The quantitative estimate of drug-likeness (QED) is 0.806. The van der Waals surface area contributed by atoms with Gasteiger partial charge in [-0.2, -0.15) is 0 Å². The molecule has 5 nitrogen and oxygen atoms in total. The van der Waals surface area contributed by atoms with Gasteiger partial charge in [0.05, 0.1) is 0 Å². The van der Waals surface area contributed by atoms with Gasteiger partial charge in [0.25, 0.3) is 5.91 Å². The van der Waals surface area contributed by atoms with Gasteiger partial charge < -0.3 is 14.8 Å². The van der Waals surface area contributed by atoms with Gasteiger partial charge in [0.2, 0.25) is 0 Å². The topological polar surface area (TPSA) is 64.6 Å². The number of carbonyl (C=O) groups is 2. The molecule has 0 bridgehead atoms. The van der Waals surface area contributed by atoms with E-state index < -0.39 is 24.0 Å². The molecule has 0 saturated carbocycles. The van der Waals surface area contributed by atoms with Gasteiger partial charge in [-0.1, -0.05) is 0 Å². The average molecular weight is 283 g/mol. The summed E-state index contributed by atoms with van der Waals surface area (Å²) in [4.78, 5) is 23.2. The Bertz CT molecular complexity index is 461. The second-order valence-electron chi connectivity index (χ2n) is 4.19. The van der Waals surface area contributed by atoms with Gasteiger partial charge in [-0.15, -0.1) is 0 Å². The zero-order valence-electron chi connectivity index (χ0n) is 11.7. The maximum absolute atomic E-state index is 12.7. The van der Waals surface area contributed by atoms with Crippen molar-refractivity contribution in [2.75, 3.05) is 6.54 Å². The minimum atomic E-state index is -0.891. The van der Waals surface area contributed by atoms with Crippen molar-refractivity contribution >= 4 is 11.9 Å². The van der Waals surface area contributed by atoms with Gasteiger partial charge in [0.15, 0.2) is 12.2 Å². The first kappa shape index (κ1) is 15.9. The fourth-order valence-corrected chi connectivity index (χ4v) is 1.41. The summed E-state index contributed by atoms with van der Waals surface area (Å²) in [5.41, 5.74) is 0. The van der Waals surface area contributed by atoms with Crippen LogP contribution in [0.4, 0.5) is 4.39 Å². The number of hydrogen-bond donors (Lipinski definition) is 1. The van der Waals surface area contributed by atoms with Crippen LogP contribution in [-0.2, 0) is 14.3 Å². The molecule has 1 N–H and O–H groups in total. The SMILES string of the molecule is CCNC(=O)[C@H](C)OC(=O)[C@H](C)Oc1ccc(F)cc1. The number of rotatable bonds is 6. The van der Waals surface area contributed by atoms with Gasteiger partial charge in [0.1, 0.15) is 11.6 Å². The van der Waals surface area contributed by atoms with Gasteiger partial charge in [-0.25, -0.2) is 9.18 Å². The fourth-order valence-electron chi connectivity index (χ4n) is 1.41. The van der Waals surface area contributed by atoms with E-state index >= 15 is 0 Å². The minimum absolute atomic E-state index is 0.349. The lowest BCUT2D eigenvalue weighted by atomic mass is 10.3. The first-order valence-electron chi connectivity index (χ1n) is 6.34. The highest BCUT2D eigenvalue weighted by atomic mass is 19.1. The second kappa shape index (κ2) is 7.47. The maximum atomic E-state index is 12.7. The summed E-state index contributed by atoms with van der Waals surface area (Å²) in [6.07, 6.45) is -1.78. The van der Waals surface area contributed by atoms with Crippen molar-refractivity contribution in [2.45, 2.75) is 33.0 Å². The van der Waals surface area contributed by atoms with Crippen LogP contribution >= 0.6 is 0 Å². The van der Waals surface area contributed by atoms with Crippen LogP contribution in [0.2, 0.25) is 0 Å². The van der Waals surface area contributed by atoms with Crippen LogP contribution in [0.1, 0.15) is 20.8 Å². The molecule has 2 atom stereocenters. The third-order valence-electron chi connectivity index (χ3n) is 2.47. The lowest BCUT2D eigenvalue weighted by molar-refractivity contribution is -0.160. The molecule has 0 aliphatic rings. The Morgan fingerprint density at radius 1 is 1.20 bits per heavy atom. The molecule has 1 aromatic rings. The molecule has 0 unspecified atom stereocenters. The van der Waals surface area contributed by atoms with E-state index in [1.165, 1.54) is 38.1 Å². The number of amides is 1. The van der Waals surface area contributed by atoms with Crippen molar-refractivity contribution in [1.82, 2.24) is 5.32 Å². The van der Waals surface area contributed by atoms with Crippen LogP contribution in [-0.4, -0.2) is 30.6 Å². The number of benzene rings is 1. The normalized spacial score (nSPS) is 13.2. The van der Waals surface area contributed by atoms with E-state index in [2.05, 4.69) is 5.32 Å². The van der Waals surface area contributed by atoms with Gasteiger partial charge in [-0.05, 0) is 45.0 Å². The van der Waals surface area contributed by atoms with Crippen molar-refractivity contribution in [3.05, 3.63) is 30.1 Å². The molecule has 6 heteroatoms. The Morgan fingerprint density at radius 2 is 1.80 bits per heavy atom. The lowest BCUT2D eigenvalue weighted by Crippen LogP contribution is -2.38. The molecule has 0 radical (unpaired) electrons. The van der Waals surface area contributed by atoms with Gasteiger partial charge >= 0.3 is 5.97 Å². The summed E-state index contributed by atoms with van der Waals surface area (Å²) in [6.45, 7) is 5.21. The molecule has 0 aliphatic carbocycles. The Hall–Kier alpha value is -2.11. The maximum Gasteiger partial charge on any atom is 0.347 e. The van der Waals surface area contributed by atoms with E-state index in [9.17, 15) is 14.0 Å². The van der Waals surface area contributed by atoms with Crippen LogP contribution in [0.15, 0.2) is 24.3 Å². The number of carbonyl (C=O) groups excluding carboxylic acids is 2. The summed E-state index contributed by atoms with van der Waals surface area (Å²) in [5, 5.41) is 2.55. The van der Waals surface area contributed by atoms with Crippen molar-refractivity contribution in [1.29, 1.82) is 0 Å². The number of esters is 1. The number of nitrogens with one attached hydrogen (secondary N) is 1. The van der Waals surface area contributed by atoms with Crippen molar-refractivity contribution < 1.29 is 23.5 Å². The predicted octanol–water partition coefficient (Wildman–Crippen LogP) is 1.66. The zero-order valence-corrected chi connectivity index (χ0v) is 11.7. The van der Waals surface area contributed by atoms with Crippen LogP contribution < -0.4 is 10.1 Å². The number of hydrogen-bond acceptors (Lipinski definition) is 4. The highest BCUT2D eigenvalue weighted by molar-refractivity contribution is 5.84. The molecule has 0 heterocycles. The molecule has 0 saturated heterocycles. The van der Waals surface area contributed by atoms with E-state index in [1.807, 2.05) is 0 Å². The van der Waals surface area contributed by atoms with E-state index in [4.69, 9.17) is 9.47 Å². The van der Waals surface area contributed by atoms with Crippen LogP contribution in [0.3, 0.4) is 0 Å². The Kier molecular flexibility index (Phi) is 5.96. The van der Waals surface area contributed by atoms with Crippen LogP contribution in [0.25, 0.3) is 0 Å². The average Bonchev–Trinajstić information content (AvgIpc) is 2.41. The molecule has 0 aliphatic heterocycles. The smallest absolute Gasteiger partial charge is 0.347 e. The molecule has 20 heavy (non-hydrogen) atoms. The molecule has 1 aromatic carbocycles. The molecule has 0 spiro atoms. The Labute approximate surface area is 117 Å². The monoisotopic (exact) mass is 283 g/mol. The van der Waals surface area contributed by atoms with Crippen molar-refractivity contribution in [3.8, 4) is 5.75 Å². The van der Waals surface area contributed by atoms with E-state index in [-0.39, 0.29) is 5.91 Å². The summed E-state index contributed by atoms with van der Waals surface area (Å²) in [7, 11) is 0. The minimum Gasteiger partial charge on any atom is -0.479 e. The van der Waals surface area contributed by atoms with E-state index in [1.54, 1.807) is 6.92 Å². The Morgan fingerprint density at radius 3 is 2.35 bits per heavy atom. The summed E-state index contributed by atoms with van der Waals surface area (Å²) in [6, 6.07) is 5.27. The number of halogens is 1. The summed E-state index contributed by atoms with van der Waals surface area (Å²) >= 11 is 0. The molecule has 0 fully saturated rings. The largest absolute Gasteiger partial charge is 0.479 e. The molecule has 110 valence electrons. The van der Waals surface area contributed by atoms with Crippen molar-refractivity contribution in [3.63, 3.8) is 0 Å². The van der Waals surface area contributed by atoms with E-state index in [0.29, 0.717) is 12.3 Å². The highest BCUT2D eigenvalue weighted by Crippen LogP contribution is 2.13. The van der Waals surface area contributed by atoms with Crippen LogP contribution in [0.5, 0.6) is 5.75 Å². The third kappa shape index (κ3) is 4.87. The molecular weight excluding hydrogens is 265 g/mol. The third-order valence-corrected chi connectivity index (χ3v) is 2.47. The summed E-state index contributed by atoms with van der Waals surface area (Å²) in [5.74, 6) is -1.07. The first-order chi connectivity index (χ1) is 9.43. The number of ether oxygens (including phenoxy) is 2. The zero-order chi connectivity index (χ0) is 15.1. The standard InChI is InChI=1S/C14H18FNO4/c1-4-16-13(17)9(2)20-14(18)10(3)19-12-7-5-11(15)6-8-12/h5-10H,4H2,1-3H3,(H,16,17)/t9-,10-/m0/s1. The Balaban J connectivity index is 2.50. The predicted molar refractivity (Wildman–Crippen MR) is 70.7 cm³/mol. The van der Waals surface area contributed by atoms with E-state index in [0.717, 1.165) is 0 Å². The molecule has 1 amide bonds.